The average molecular weight is 300 g/mol. The second kappa shape index (κ2) is 6.91. The Balaban J connectivity index is 2.05. The van der Waals surface area contributed by atoms with E-state index in [-0.39, 0.29) is 5.91 Å². The molecule has 4 nitrogen and oxygen atoms in total. The lowest BCUT2D eigenvalue weighted by atomic mass is 10.2. The molecule has 5 heteroatoms. The zero-order valence-corrected chi connectivity index (χ0v) is 12.7. The van der Waals surface area contributed by atoms with E-state index >= 15 is 0 Å². The first-order valence-electron chi connectivity index (χ1n) is 6.59. The lowest BCUT2D eigenvalue weighted by molar-refractivity contribution is -0.115. The van der Waals surface area contributed by atoms with Gasteiger partial charge < -0.3 is 10.1 Å². The number of carbonyl (C=O) groups excluding carboxylic acids is 1. The summed E-state index contributed by atoms with van der Waals surface area (Å²) in [5.41, 5.74) is 0.581. The number of aryl methyl sites for hydroxylation is 1. The third kappa shape index (κ3) is 4.33. The SMILES string of the molecule is Cc1ccc(CC(=O)Nc2ccccc2OC(C)C#N)s1. The summed E-state index contributed by atoms with van der Waals surface area (Å²) in [6, 6.07) is 13.1. The van der Waals surface area contributed by atoms with Crippen molar-refractivity contribution in [2.45, 2.75) is 26.4 Å². The molecule has 0 aliphatic carbocycles. The summed E-state index contributed by atoms with van der Waals surface area (Å²) in [7, 11) is 0. The zero-order chi connectivity index (χ0) is 15.2. The maximum absolute atomic E-state index is 12.1. The van der Waals surface area contributed by atoms with E-state index in [0.29, 0.717) is 17.9 Å². The smallest absolute Gasteiger partial charge is 0.229 e. The minimum absolute atomic E-state index is 0.0995. The van der Waals surface area contributed by atoms with Crippen LogP contribution in [0.15, 0.2) is 36.4 Å². The number of hydrogen-bond donors (Lipinski definition) is 1. The average Bonchev–Trinajstić information content (AvgIpc) is 2.86. The number of anilines is 1. The van der Waals surface area contributed by atoms with Gasteiger partial charge in [0.25, 0.3) is 0 Å². The lowest BCUT2D eigenvalue weighted by Gasteiger charge is -2.13. The van der Waals surface area contributed by atoms with Crippen LogP contribution in [0, 0.1) is 18.3 Å². The molecule has 0 saturated heterocycles. The van der Waals surface area contributed by atoms with E-state index < -0.39 is 6.10 Å². The van der Waals surface area contributed by atoms with Gasteiger partial charge in [-0.25, -0.2) is 0 Å². The Morgan fingerprint density at radius 2 is 2.14 bits per heavy atom. The summed E-state index contributed by atoms with van der Waals surface area (Å²) in [6.45, 7) is 3.67. The molecular weight excluding hydrogens is 284 g/mol. The number of thiophene rings is 1. The van der Waals surface area contributed by atoms with Crippen molar-refractivity contribution >= 4 is 22.9 Å². The first kappa shape index (κ1) is 15.1. The highest BCUT2D eigenvalue weighted by atomic mass is 32.1. The van der Waals surface area contributed by atoms with E-state index in [1.807, 2.05) is 31.2 Å². The first-order valence-corrected chi connectivity index (χ1v) is 7.40. The molecule has 0 fully saturated rings. The molecule has 1 aromatic heterocycles. The molecule has 1 unspecified atom stereocenters. The summed E-state index contributed by atoms with van der Waals surface area (Å²) in [5.74, 6) is 0.403. The quantitative estimate of drug-likeness (QED) is 0.918. The van der Waals surface area contributed by atoms with Crippen molar-refractivity contribution < 1.29 is 9.53 Å². The van der Waals surface area contributed by atoms with Crippen LogP contribution in [0.25, 0.3) is 0 Å². The highest BCUT2D eigenvalue weighted by molar-refractivity contribution is 7.12. The third-order valence-electron chi connectivity index (χ3n) is 2.78. The largest absolute Gasteiger partial charge is 0.474 e. The van der Waals surface area contributed by atoms with Gasteiger partial charge in [0.1, 0.15) is 11.8 Å². The molecule has 0 radical (unpaired) electrons. The van der Waals surface area contributed by atoms with E-state index in [4.69, 9.17) is 10.00 Å². The second-order valence-electron chi connectivity index (χ2n) is 4.62. The molecule has 2 rings (SSSR count). The topological polar surface area (TPSA) is 62.1 Å². The van der Waals surface area contributed by atoms with Crippen molar-refractivity contribution in [2.24, 2.45) is 0 Å². The molecule has 1 N–H and O–H groups in total. The standard InChI is InChI=1S/C16H16N2O2S/c1-11(10-17)20-15-6-4-3-5-14(15)18-16(19)9-13-8-7-12(2)21-13/h3-8,11H,9H2,1-2H3,(H,18,19). The molecule has 2 aromatic rings. The monoisotopic (exact) mass is 300 g/mol. The van der Waals surface area contributed by atoms with Gasteiger partial charge in [-0.2, -0.15) is 5.26 Å². The fourth-order valence-corrected chi connectivity index (χ4v) is 2.71. The number of amides is 1. The first-order chi connectivity index (χ1) is 10.1. The maximum Gasteiger partial charge on any atom is 0.229 e. The highest BCUT2D eigenvalue weighted by Gasteiger charge is 2.11. The van der Waals surface area contributed by atoms with E-state index in [1.165, 1.54) is 4.88 Å². The summed E-state index contributed by atoms with van der Waals surface area (Å²) in [4.78, 5) is 14.3. The zero-order valence-electron chi connectivity index (χ0n) is 11.9. The molecule has 21 heavy (non-hydrogen) atoms. The van der Waals surface area contributed by atoms with Crippen LogP contribution < -0.4 is 10.1 Å². The van der Waals surface area contributed by atoms with Gasteiger partial charge in [-0.3, -0.25) is 4.79 Å². The van der Waals surface area contributed by atoms with Crippen molar-refractivity contribution in [2.75, 3.05) is 5.32 Å². The Bertz CT molecular complexity index is 673. The number of nitrogens with one attached hydrogen (secondary N) is 1. The van der Waals surface area contributed by atoms with E-state index in [9.17, 15) is 4.79 Å². The molecule has 0 saturated carbocycles. The number of ether oxygens (including phenoxy) is 1. The minimum atomic E-state index is -0.567. The predicted octanol–water partition coefficient (Wildman–Crippen LogP) is 3.53. The Morgan fingerprint density at radius 3 is 2.81 bits per heavy atom. The molecule has 1 amide bonds. The molecule has 0 spiro atoms. The fourth-order valence-electron chi connectivity index (χ4n) is 1.82. The summed E-state index contributed by atoms with van der Waals surface area (Å²) in [6.07, 6.45) is -0.233. The van der Waals surface area contributed by atoms with E-state index in [0.717, 1.165) is 4.88 Å². The summed E-state index contributed by atoms with van der Waals surface area (Å²) in [5, 5.41) is 11.6. The Morgan fingerprint density at radius 1 is 1.38 bits per heavy atom. The van der Waals surface area contributed by atoms with Crippen LogP contribution in [-0.4, -0.2) is 12.0 Å². The van der Waals surface area contributed by atoms with Gasteiger partial charge in [0.15, 0.2) is 6.10 Å². The van der Waals surface area contributed by atoms with Gasteiger partial charge in [-0.05, 0) is 38.1 Å². The van der Waals surface area contributed by atoms with Gasteiger partial charge in [0.2, 0.25) is 5.91 Å². The number of carbonyl (C=O) groups is 1. The van der Waals surface area contributed by atoms with Crippen LogP contribution in [0.4, 0.5) is 5.69 Å². The van der Waals surface area contributed by atoms with Crippen LogP contribution in [0.1, 0.15) is 16.7 Å². The maximum atomic E-state index is 12.1. The number of nitrogens with zero attached hydrogens (tertiary/aromatic N) is 1. The normalized spacial score (nSPS) is 11.5. The lowest BCUT2D eigenvalue weighted by Crippen LogP contribution is -2.16. The predicted molar refractivity (Wildman–Crippen MR) is 83.5 cm³/mol. The van der Waals surface area contributed by atoms with Gasteiger partial charge in [-0.15, -0.1) is 11.3 Å². The third-order valence-corrected chi connectivity index (χ3v) is 3.78. The van der Waals surface area contributed by atoms with E-state index in [2.05, 4.69) is 5.32 Å². The molecule has 1 atom stereocenters. The van der Waals surface area contributed by atoms with Crippen LogP contribution in [-0.2, 0) is 11.2 Å². The summed E-state index contributed by atoms with van der Waals surface area (Å²) >= 11 is 1.61. The Labute approximate surface area is 128 Å². The minimum Gasteiger partial charge on any atom is -0.474 e. The summed E-state index contributed by atoms with van der Waals surface area (Å²) < 4.78 is 5.48. The Hall–Kier alpha value is -2.32. The molecule has 108 valence electrons. The molecule has 0 aliphatic rings. The number of nitriles is 1. The number of rotatable bonds is 5. The van der Waals surface area contributed by atoms with Crippen molar-refractivity contribution in [3.8, 4) is 11.8 Å². The van der Waals surface area contributed by atoms with Crippen LogP contribution in [0.3, 0.4) is 0 Å². The van der Waals surface area contributed by atoms with Crippen LogP contribution >= 0.6 is 11.3 Å². The fraction of sp³-hybridized carbons (Fsp3) is 0.250. The second-order valence-corrected chi connectivity index (χ2v) is 6.00. The molecule has 1 aromatic carbocycles. The van der Waals surface area contributed by atoms with Gasteiger partial charge in [0, 0.05) is 9.75 Å². The molecular formula is C16H16N2O2S. The Kier molecular flexibility index (Phi) is 4.96. The number of hydrogen-bond acceptors (Lipinski definition) is 4. The van der Waals surface area contributed by atoms with Crippen LogP contribution in [0.5, 0.6) is 5.75 Å². The molecule has 0 aliphatic heterocycles. The molecule has 1 heterocycles. The van der Waals surface area contributed by atoms with Gasteiger partial charge in [0.05, 0.1) is 12.1 Å². The highest BCUT2D eigenvalue weighted by Crippen LogP contribution is 2.25. The van der Waals surface area contributed by atoms with Crippen molar-refractivity contribution in [3.63, 3.8) is 0 Å². The van der Waals surface area contributed by atoms with Crippen molar-refractivity contribution in [3.05, 3.63) is 46.2 Å². The van der Waals surface area contributed by atoms with Gasteiger partial charge >= 0.3 is 0 Å². The van der Waals surface area contributed by atoms with Crippen molar-refractivity contribution in [1.29, 1.82) is 5.26 Å². The van der Waals surface area contributed by atoms with Crippen LogP contribution in [0.2, 0.25) is 0 Å². The number of para-hydroxylation sites is 2. The van der Waals surface area contributed by atoms with E-state index in [1.54, 1.807) is 36.5 Å². The van der Waals surface area contributed by atoms with Crippen molar-refractivity contribution in [1.82, 2.24) is 0 Å². The van der Waals surface area contributed by atoms with Gasteiger partial charge in [-0.1, -0.05) is 12.1 Å². The molecule has 0 bridgehead atoms. The number of benzene rings is 1.